The number of carbonyl (C=O) groups excluding carboxylic acids is 1. The zero-order valence-corrected chi connectivity index (χ0v) is 12.1. The predicted octanol–water partition coefficient (Wildman–Crippen LogP) is 2.12. The van der Waals surface area contributed by atoms with E-state index >= 15 is 0 Å². The van der Waals surface area contributed by atoms with E-state index in [-0.39, 0.29) is 23.8 Å². The Morgan fingerprint density at radius 2 is 2.14 bits per heavy atom. The molecule has 0 radical (unpaired) electrons. The van der Waals surface area contributed by atoms with E-state index in [0.29, 0.717) is 13.0 Å². The summed E-state index contributed by atoms with van der Waals surface area (Å²) in [7, 11) is 0. The van der Waals surface area contributed by atoms with E-state index in [9.17, 15) is 9.90 Å². The molecular formula is C16H15NO3S. The highest BCUT2D eigenvalue weighted by Gasteiger charge is 2.09. The summed E-state index contributed by atoms with van der Waals surface area (Å²) in [6, 6.07) is 8.33. The number of aliphatic hydroxyl groups excluding tert-OH is 1. The fourth-order valence-electron chi connectivity index (χ4n) is 1.69. The minimum Gasteiger partial charge on any atom is -0.507 e. The van der Waals surface area contributed by atoms with Crippen LogP contribution in [-0.4, -0.2) is 22.7 Å². The maximum atomic E-state index is 11.9. The molecule has 0 atom stereocenters. The fraction of sp³-hybridized carbons (Fsp3) is 0.188. The zero-order valence-electron chi connectivity index (χ0n) is 11.3. The number of phenols is 1. The lowest BCUT2D eigenvalue weighted by Crippen LogP contribution is -2.22. The maximum Gasteiger partial charge on any atom is 0.255 e. The zero-order chi connectivity index (χ0) is 15.1. The molecule has 4 nitrogen and oxygen atoms in total. The summed E-state index contributed by atoms with van der Waals surface area (Å²) in [5.74, 6) is 5.45. The van der Waals surface area contributed by atoms with Crippen LogP contribution in [0.1, 0.15) is 27.2 Å². The Bertz CT molecular complexity index is 682. The van der Waals surface area contributed by atoms with Crippen molar-refractivity contribution in [1.82, 2.24) is 5.32 Å². The number of hydrogen-bond donors (Lipinski definition) is 3. The van der Waals surface area contributed by atoms with Gasteiger partial charge in [-0.15, -0.1) is 11.3 Å². The molecule has 1 aromatic carbocycles. The van der Waals surface area contributed by atoms with Gasteiger partial charge in [-0.1, -0.05) is 24.0 Å². The summed E-state index contributed by atoms with van der Waals surface area (Å²) in [5.41, 5.74) is 1.14. The standard InChI is InChI=1S/C16H15NO3S/c18-8-4-3-5-12-9-13(21-11-12)10-17-16(20)14-6-1-2-7-15(14)19/h1-2,6-7,9,11,18-19H,4,8,10H2,(H,17,20). The van der Waals surface area contributed by atoms with Crippen LogP contribution in [0.15, 0.2) is 35.7 Å². The Morgan fingerprint density at radius 3 is 2.90 bits per heavy atom. The van der Waals surface area contributed by atoms with Crippen molar-refractivity contribution in [3.05, 3.63) is 51.7 Å². The van der Waals surface area contributed by atoms with E-state index in [2.05, 4.69) is 17.2 Å². The second kappa shape index (κ2) is 7.48. The number of hydrogen-bond acceptors (Lipinski definition) is 4. The van der Waals surface area contributed by atoms with Crippen molar-refractivity contribution in [3.8, 4) is 17.6 Å². The van der Waals surface area contributed by atoms with Gasteiger partial charge in [-0.2, -0.15) is 0 Å². The van der Waals surface area contributed by atoms with E-state index in [1.165, 1.54) is 17.4 Å². The predicted molar refractivity (Wildman–Crippen MR) is 82.2 cm³/mol. The quantitative estimate of drug-likeness (QED) is 0.758. The van der Waals surface area contributed by atoms with Crippen LogP contribution >= 0.6 is 11.3 Å². The topological polar surface area (TPSA) is 69.6 Å². The molecule has 2 rings (SSSR count). The molecule has 0 aliphatic heterocycles. The van der Waals surface area contributed by atoms with Crippen molar-refractivity contribution in [2.45, 2.75) is 13.0 Å². The Balaban J connectivity index is 1.93. The molecule has 0 fully saturated rings. The van der Waals surface area contributed by atoms with Crippen molar-refractivity contribution in [1.29, 1.82) is 0 Å². The lowest BCUT2D eigenvalue weighted by Gasteiger charge is -2.05. The average molecular weight is 301 g/mol. The van der Waals surface area contributed by atoms with Gasteiger partial charge in [-0.3, -0.25) is 4.79 Å². The third-order valence-corrected chi connectivity index (χ3v) is 3.63. The van der Waals surface area contributed by atoms with Gasteiger partial charge in [0.15, 0.2) is 0 Å². The number of aromatic hydroxyl groups is 1. The molecule has 21 heavy (non-hydrogen) atoms. The average Bonchev–Trinajstić information content (AvgIpc) is 2.93. The first-order valence-corrected chi connectivity index (χ1v) is 7.32. The third kappa shape index (κ3) is 4.35. The van der Waals surface area contributed by atoms with Gasteiger partial charge in [0.25, 0.3) is 5.91 Å². The number of benzene rings is 1. The van der Waals surface area contributed by atoms with Crippen LogP contribution in [0.5, 0.6) is 5.75 Å². The molecule has 3 N–H and O–H groups in total. The summed E-state index contributed by atoms with van der Waals surface area (Å²) in [6.07, 6.45) is 0.454. The van der Waals surface area contributed by atoms with E-state index < -0.39 is 0 Å². The number of amides is 1. The second-order valence-electron chi connectivity index (χ2n) is 4.28. The van der Waals surface area contributed by atoms with Gasteiger partial charge in [-0.25, -0.2) is 0 Å². The van der Waals surface area contributed by atoms with Crippen LogP contribution in [0.25, 0.3) is 0 Å². The van der Waals surface area contributed by atoms with Crippen molar-refractivity contribution in [3.63, 3.8) is 0 Å². The largest absolute Gasteiger partial charge is 0.507 e. The highest BCUT2D eigenvalue weighted by atomic mass is 32.1. The van der Waals surface area contributed by atoms with E-state index in [4.69, 9.17) is 5.11 Å². The summed E-state index contributed by atoms with van der Waals surface area (Å²) in [6.45, 7) is 0.445. The van der Waals surface area contributed by atoms with Gasteiger partial charge in [0.2, 0.25) is 0 Å². The fourth-order valence-corrected chi connectivity index (χ4v) is 2.44. The molecule has 5 heteroatoms. The Labute approximate surface area is 127 Å². The number of carbonyl (C=O) groups is 1. The van der Waals surface area contributed by atoms with Gasteiger partial charge < -0.3 is 15.5 Å². The SMILES string of the molecule is O=C(NCc1cc(C#CCCO)cs1)c1ccccc1O. The molecule has 1 amide bonds. The van der Waals surface area contributed by atoms with Crippen LogP contribution in [0.3, 0.4) is 0 Å². The van der Waals surface area contributed by atoms with Crippen LogP contribution < -0.4 is 5.32 Å². The molecule has 0 spiro atoms. The summed E-state index contributed by atoms with van der Waals surface area (Å²) >= 11 is 1.51. The number of nitrogens with one attached hydrogen (secondary N) is 1. The van der Waals surface area contributed by atoms with Gasteiger partial charge in [0.1, 0.15) is 5.75 Å². The lowest BCUT2D eigenvalue weighted by atomic mass is 10.2. The Kier molecular flexibility index (Phi) is 5.38. The van der Waals surface area contributed by atoms with Crippen molar-refractivity contribution >= 4 is 17.2 Å². The van der Waals surface area contributed by atoms with Gasteiger partial charge in [-0.05, 0) is 18.2 Å². The Morgan fingerprint density at radius 1 is 1.33 bits per heavy atom. The summed E-state index contributed by atoms with van der Waals surface area (Å²) < 4.78 is 0. The lowest BCUT2D eigenvalue weighted by molar-refractivity contribution is 0.0948. The molecule has 2 aromatic rings. The number of rotatable bonds is 4. The summed E-state index contributed by atoms with van der Waals surface area (Å²) in [4.78, 5) is 12.9. The minimum atomic E-state index is -0.311. The number of para-hydroxylation sites is 1. The smallest absolute Gasteiger partial charge is 0.255 e. The van der Waals surface area contributed by atoms with Crippen LogP contribution in [0.2, 0.25) is 0 Å². The number of aliphatic hydroxyl groups is 1. The minimum absolute atomic E-state index is 0.0308. The highest BCUT2D eigenvalue weighted by Crippen LogP contribution is 2.17. The first-order valence-electron chi connectivity index (χ1n) is 6.44. The molecule has 0 saturated carbocycles. The van der Waals surface area contributed by atoms with E-state index in [1.54, 1.807) is 18.2 Å². The van der Waals surface area contributed by atoms with Crippen molar-refractivity contribution in [2.75, 3.05) is 6.61 Å². The van der Waals surface area contributed by atoms with Gasteiger partial charge in [0.05, 0.1) is 18.7 Å². The van der Waals surface area contributed by atoms with Crippen molar-refractivity contribution in [2.24, 2.45) is 0 Å². The normalized spacial score (nSPS) is 9.76. The first-order chi connectivity index (χ1) is 10.2. The number of phenolic OH excluding ortho intramolecular Hbond substituents is 1. The molecule has 1 aromatic heterocycles. The molecule has 0 bridgehead atoms. The monoisotopic (exact) mass is 301 g/mol. The molecule has 0 aliphatic carbocycles. The van der Waals surface area contributed by atoms with E-state index in [0.717, 1.165) is 10.4 Å². The first kappa shape index (κ1) is 15.1. The number of thiophene rings is 1. The maximum absolute atomic E-state index is 11.9. The summed E-state index contributed by atoms with van der Waals surface area (Å²) in [5, 5.41) is 22.9. The molecule has 0 unspecified atom stereocenters. The third-order valence-electron chi connectivity index (χ3n) is 2.70. The Hall–Kier alpha value is -2.29. The highest BCUT2D eigenvalue weighted by molar-refractivity contribution is 7.10. The van der Waals surface area contributed by atoms with Crippen molar-refractivity contribution < 1.29 is 15.0 Å². The van der Waals surface area contributed by atoms with Gasteiger partial charge >= 0.3 is 0 Å². The van der Waals surface area contributed by atoms with E-state index in [1.807, 2.05) is 11.4 Å². The van der Waals surface area contributed by atoms with Crippen LogP contribution in [0.4, 0.5) is 0 Å². The van der Waals surface area contributed by atoms with Gasteiger partial charge in [0, 0.05) is 22.2 Å². The second-order valence-corrected chi connectivity index (χ2v) is 5.27. The molecule has 108 valence electrons. The molecule has 0 aliphatic rings. The molecular weight excluding hydrogens is 286 g/mol. The van der Waals surface area contributed by atoms with Crippen LogP contribution in [-0.2, 0) is 6.54 Å². The van der Waals surface area contributed by atoms with Crippen LogP contribution in [0, 0.1) is 11.8 Å². The molecule has 0 saturated heterocycles. The molecule has 1 heterocycles.